The first-order chi connectivity index (χ1) is 10.1. The van der Waals surface area contributed by atoms with Crippen molar-refractivity contribution in [3.63, 3.8) is 0 Å². The molecule has 2 aromatic rings. The van der Waals surface area contributed by atoms with Gasteiger partial charge in [0.1, 0.15) is 17.9 Å². The van der Waals surface area contributed by atoms with E-state index in [1.54, 1.807) is 0 Å². The van der Waals surface area contributed by atoms with E-state index in [1.165, 1.54) is 6.33 Å². The first-order valence-corrected chi connectivity index (χ1v) is 6.96. The van der Waals surface area contributed by atoms with E-state index in [9.17, 15) is 4.79 Å². The average Bonchev–Trinajstić information content (AvgIpc) is 2.98. The van der Waals surface area contributed by atoms with Crippen molar-refractivity contribution in [2.75, 3.05) is 13.2 Å². The average molecular weight is 288 g/mol. The predicted molar refractivity (Wildman–Crippen MR) is 79.1 cm³/mol. The topological polar surface area (TPSA) is 79.9 Å². The molecular weight excluding hydrogens is 268 g/mol. The van der Waals surface area contributed by atoms with Crippen LogP contribution in [0.3, 0.4) is 0 Å². The molecule has 6 heteroatoms. The van der Waals surface area contributed by atoms with E-state index in [0.29, 0.717) is 6.54 Å². The molecule has 112 valence electrons. The Morgan fingerprint density at radius 1 is 1.38 bits per heavy atom. The van der Waals surface area contributed by atoms with E-state index in [1.807, 2.05) is 32.0 Å². The van der Waals surface area contributed by atoms with Crippen LogP contribution in [-0.2, 0) is 11.2 Å². The second-order valence-corrected chi connectivity index (χ2v) is 4.94. The van der Waals surface area contributed by atoms with Crippen LogP contribution in [0.4, 0.5) is 0 Å². The minimum absolute atomic E-state index is 0.0343. The highest BCUT2D eigenvalue weighted by molar-refractivity contribution is 5.77. The SMILES string of the molecule is Cc1ccc(C)c(OCC(=O)NCCCc2ncn[nH]2)c1. The van der Waals surface area contributed by atoms with Gasteiger partial charge in [0, 0.05) is 13.0 Å². The second kappa shape index (κ2) is 7.42. The van der Waals surface area contributed by atoms with Crippen molar-refractivity contribution in [3.05, 3.63) is 41.5 Å². The molecule has 1 aromatic carbocycles. The Kier molecular flexibility index (Phi) is 5.31. The maximum absolute atomic E-state index is 11.7. The zero-order chi connectivity index (χ0) is 15.1. The number of ether oxygens (including phenoxy) is 1. The van der Waals surface area contributed by atoms with Gasteiger partial charge in [-0.2, -0.15) is 5.10 Å². The van der Waals surface area contributed by atoms with E-state index in [0.717, 1.165) is 35.5 Å². The number of aryl methyl sites for hydroxylation is 3. The van der Waals surface area contributed by atoms with Gasteiger partial charge in [-0.25, -0.2) is 4.98 Å². The zero-order valence-electron chi connectivity index (χ0n) is 12.3. The lowest BCUT2D eigenvalue weighted by atomic mass is 10.1. The number of nitrogens with zero attached hydrogens (tertiary/aromatic N) is 2. The summed E-state index contributed by atoms with van der Waals surface area (Å²) in [6.45, 7) is 4.59. The van der Waals surface area contributed by atoms with Gasteiger partial charge in [0.25, 0.3) is 5.91 Å². The molecule has 6 nitrogen and oxygen atoms in total. The number of hydrogen-bond acceptors (Lipinski definition) is 4. The van der Waals surface area contributed by atoms with Crippen LogP contribution < -0.4 is 10.1 Å². The standard InChI is InChI=1S/C15H20N4O2/c1-11-5-6-12(2)13(8-11)21-9-15(20)16-7-3-4-14-17-10-18-19-14/h5-6,8,10H,3-4,7,9H2,1-2H3,(H,16,20)(H,17,18,19). The molecule has 1 amide bonds. The first kappa shape index (κ1) is 15.0. The molecule has 0 unspecified atom stereocenters. The molecule has 1 aromatic heterocycles. The third kappa shape index (κ3) is 4.91. The summed E-state index contributed by atoms with van der Waals surface area (Å²) >= 11 is 0. The van der Waals surface area contributed by atoms with Crippen molar-refractivity contribution < 1.29 is 9.53 Å². The van der Waals surface area contributed by atoms with Crippen LogP contribution in [0, 0.1) is 13.8 Å². The van der Waals surface area contributed by atoms with E-state index < -0.39 is 0 Å². The van der Waals surface area contributed by atoms with Gasteiger partial charge in [0.2, 0.25) is 0 Å². The number of carbonyl (C=O) groups is 1. The smallest absolute Gasteiger partial charge is 0.257 e. The number of aromatic nitrogens is 3. The van der Waals surface area contributed by atoms with Crippen LogP contribution in [0.1, 0.15) is 23.4 Å². The monoisotopic (exact) mass is 288 g/mol. The molecule has 0 fully saturated rings. The van der Waals surface area contributed by atoms with Gasteiger partial charge in [-0.15, -0.1) is 0 Å². The molecule has 0 bridgehead atoms. The lowest BCUT2D eigenvalue weighted by Gasteiger charge is -2.10. The van der Waals surface area contributed by atoms with Gasteiger partial charge in [-0.1, -0.05) is 12.1 Å². The Bertz CT molecular complexity index is 581. The fourth-order valence-corrected chi connectivity index (χ4v) is 1.89. The summed E-state index contributed by atoms with van der Waals surface area (Å²) in [7, 11) is 0. The lowest BCUT2D eigenvalue weighted by Crippen LogP contribution is -2.30. The van der Waals surface area contributed by atoms with Crippen molar-refractivity contribution in [1.82, 2.24) is 20.5 Å². The van der Waals surface area contributed by atoms with Crippen molar-refractivity contribution in [2.45, 2.75) is 26.7 Å². The van der Waals surface area contributed by atoms with Crippen molar-refractivity contribution >= 4 is 5.91 Å². The molecule has 0 aliphatic rings. The molecule has 0 aliphatic heterocycles. The molecule has 2 rings (SSSR count). The predicted octanol–water partition coefficient (Wildman–Crippen LogP) is 1.55. The van der Waals surface area contributed by atoms with Gasteiger partial charge in [-0.05, 0) is 37.5 Å². The molecule has 21 heavy (non-hydrogen) atoms. The van der Waals surface area contributed by atoms with Crippen molar-refractivity contribution in [1.29, 1.82) is 0 Å². The van der Waals surface area contributed by atoms with Gasteiger partial charge in [-0.3, -0.25) is 9.89 Å². The lowest BCUT2D eigenvalue weighted by molar-refractivity contribution is -0.123. The van der Waals surface area contributed by atoms with Gasteiger partial charge in [0.05, 0.1) is 0 Å². The number of carbonyl (C=O) groups excluding carboxylic acids is 1. The second-order valence-electron chi connectivity index (χ2n) is 4.94. The van der Waals surface area contributed by atoms with Crippen molar-refractivity contribution in [2.24, 2.45) is 0 Å². The fourth-order valence-electron chi connectivity index (χ4n) is 1.89. The summed E-state index contributed by atoms with van der Waals surface area (Å²) in [6.07, 6.45) is 3.05. The van der Waals surface area contributed by atoms with Crippen LogP contribution in [0.2, 0.25) is 0 Å². The summed E-state index contributed by atoms with van der Waals surface area (Å²) in [5, 5.41) is 9.38. The molecule has 0 atom stereocenters. The molecule has 2 N–H and O–H groups in total. The highest BCUT2D eigenvalue weighted by Gasteiger charge is 2.05. The van der Waals surface area contributed by atoms with E-state index in [4.69, 9.17) is 4.74 Å². The maximum Gasteiger partial charge on any atom is 0.257 e. The number of nitrogens with one attached hydrogen (secondary N) is 2. The van der Waals surface area contributed by atoms with Gasteiger partial charge in [0.15, 0.2) is 6.61 Å². The highest BCUT2D eigenvalue weighted by Crippen LogP contribution is 2.18. The Hall–Kier alpha value is -2.37. The van der Waals surface area contributed by atoms with Crippen LogP contribution in [-0.4, -0.2) is 34.2 Å². The van der Waals surface area contributed by atoms with E-state index >= 15 is 0 Å². The highest BCUT2D eigenvalue weighted by atomic mass is 16.5. The summed E-state index contributed by atoms with van der Waals surface area (Å²) in [5.74, 6) is 1.47. The van der Waals surface area contributed by atoms with E-state index in [2.05, 4.69) is 20.5 Å². The number of aromatic amines is 1. The summed E-state index contributed by atoms with van der Waals surface area (Å²) in [4.78, 5) is 15.7. The molecule has 0 saturated heterocycles. The number of rotatable bonds is 7. The number of amides is 1. The van der Waals surface area contributed by atoms with Gasteiger partial charge >= 0.3 is 0 Å². The largest absolute Gasteiger partial charge is 0.483 e. The summed E-state index contributed by atoms with van der Waals surface area (Å²) < 4.78 is 5.54. The number of hydrogen-bond donors (Lipinski definition) is 2. The van der Waals surface area contributed by atoms with Gasteiger partial charge < -0.3 is 10.1 Å². The van der Waals surface area contributed by atoms with E-state index in [-0.39, 0.29) is 12.5 Å². The minimum Gasteiger partial charge on any atom is -0.483 e. The van der Waals surface area contributed by atoms with Crippen LogP contribution in [0.5, 0.6) is 5.75 Å². The Morgan fingerprint density at radius 2 is 2.24 bits per heavy atom. The Morgan fingerprint density at radius 3 is 3.00 bits per heavy atom. The molecule has 0 radical (unpaired) electrons. The summed E-state index contributed by atoms with van der Waals surface area (Å²) in [5.41, 5.74) is 2.14. The number of benzene rings is 1. The summed E-state index contributed by atoms with van der Waals surface area (Å²) in [6, 6.07) is 5.94. The third-order valence-corrected chi connectivity index (χ3v) is 3.08. The Balaban J connectivity index is 1.66. The number of H-pyrrole nitrogens is 1. The molecule has 0 spiro atoms. The zero-order valence-corrected chi connectivity index (χ0v) is 12.3. The normalized spacial score (nSPS) is 10.4. The van der Waals surface area contributed by atoms with Crippen LogP contribution >= 0.6 is 0 Å². The molecule has 1 heterocycles. The molecule has 0 aliphatic carbocycles. The van der Waals surface area contributed by atoms with Crippen LogP contribution in [0.15, 0.2) is 24.5 Å². The van der Waals surface area contributed by atoms with Crippen LogP contribution in [0.25, 0.3) is 0 Å². The molecule has 0 saturated carbocycles. The Labute approximate surface area is 123 Å². The minimum atomic E-state index is -0.117. The third-order valence-electron chi connectivity index (χ3n) is 3.08. The first-order valence-electron chi connectivity index (χ1n) is 6.96. The maximum atomic E-state index is 11.7. The van der Waals surface area contributed by atoms with Crippen molar-refractivity contribution in [3.8, 4) is 5.75 Å². The quantitative estimate of drug-likeness (QED) is 0.758. The molecular formula is C15H20N4O2. The fraction of sp³-hybridized carbons (Fsp3) is 0.400.